The second kappa shape index (κ2) is 6.43. The summed E-state index contributed by atoms with van der Waals surface area (Å²) in [7, 11) is 0. The van der Waals surface area contributed by atoms with Gasteiger partial charge in [0.15, 0.2) is 5.11 Å². The van der Waals surface area contributed by atoms with Crippen LogP contribution in [0.1, 0.15) is 18.5 Å². The molecule has 0 bridgehead atoms. The third kappa shape index (κ3) is 3.99. The molecule has 104 valence electrons. The lowest BCUT2D eigenvalue weighted by Gasteiger charge is -2.17. The molecule has 5 heteroatoms. The van der Waals surface area contributed by atoms with Crippen molar-refractivity contribution in [3.8, 4) is 0 Å². The van der Waals surface area contributed by atoms with Crippen molar-refractivity contribution in [2.45, 2.75) is 13.0 Å². The topological polar surface area (TPSA) is 24.1 Å². The van der Waals surface area contributed by atoms with E-state index in [2.05, 4.69) is 10.6 Å². The molecule has 2 rings (SSSR count). The summed E-state index contributed by atoms with van der Waals surface area (Å²) in [6, 6.07) is 12.1. The zero-order valence-corrected chi connectivity index (χ0v) is 11.7. The van der Waals surface area contributed by atoms with Crippen LogP contribution in [-0.2, 0) is 0 Å². The molecule has 2 nitrogen and oxygen atoms in total. The van der Waals surface area contributed by atoms with Crippen LogP contribution in [0.15, 0.2) is 48.5 Å². The molecule has 0 spiro atoms. The monoisotopic (exact) mass is 292 g/mol. The molecule has 0 aromatic heterocycles. The van der Waals surface area contributed by atoms with Gasteiger partial charge in [-0.15, -0.1) is 0 Å². The molecule has 0 unspecified atom stereocenters. The van der Waals surface area contributed by atoms with E-state index < -0.39 is 0 Å². The predicted molar refractivity (Wildman–Crippen MR) is 80.6 cm³/mol. The summed E-state index contributed by atoms with van der Waals surface area (Å²) in [6.45, 7) is 1.92. The molecule has 2 aromatic rings. The van der Waals surface area contributed by atoms with E-state index >= 15 is 0 Å². The lowest BCUT2D eigenvalue weighted by atomic mass is 10.1. The van der Waals surface area contributed by atoms with Gasteiger partial charge in [-0.1, -0.05) is 12.1 Å². The van der Waals surface area contributed by atoms with Crippen molar-refractivity contribution in [2.75, 3.05) is 5.32 Å². The zero-order valence-electron chi connectivity index (χ0n) is 10.9. The van der Waals surface area contributed by atoms with Crippen LogP contribution >= 0.6 is 12.2 Å². The third-order valence-electron chi connectivity index (χ3n) is 2.82. The molecular formula is C15H14F2N2S. The minimum Gasteiger partial charge on any atom is -0.356 e. The second-order valence-corrected chi connectivity index (χ2v) is 4.79. The molecular weight excluding hydrogens is 278 g/mol. The van der Waals surface area contributed by atoms with Gasteiger partial charge in [-0.3, -0.25) is 0 Å². The normalized spacial score (nSPS) is 11.8. The van der Waals surface area contributed by atoms with Crippen molar-refractivity contribution in [3.05, 3.63) is 65.7 Å². The van der Waals surface area contributed by atoms with Gasteiger partial charge in [0.2, 0.25) is 0 Å². The first-order valence-corrected chi connectivity index (χ1v) is 6.54. The van der Waals surface area contributed by atoms with Gasteiger partial charge >= 0.3 is 0 Å². The highest BCUT2D eigenvalue weighted by molar-refractivity contribution is 7.80. The van der Waals surface area contributed by atoms with Gasteiger partial charge in [0.25, 0.3) is 0 Å². The molecule has 1 atom stereocenters. The summed E-state index contributed by atoms with van der Waals surface area (Å²) >= 11 is 5.18. The molecule has 0 amide bonds. The lowest BCUT2D eigenvalue weighted by molar-refractivity contribution is 0.624. The molecule has 0 fully saturated rings. The highest BCUT2D eigenvalue weighted by atomic mass is 32.1. The van der Waals surface area contributed by atoms with Crippen LogP contribution < -0.4 is 10.6 Å². The summed E-state index contributed by atoms with van der Waals surface area (Å²) in [5.41, 5.74) is 1.63. The molecule has 2 N–H and O–H groups in total. The fraction of sp³-hybridized carbons (Fsp3) is 0.133. The minimum atomic E-state index is -0.297. The maximum absolute atomic E-state index is 12.8. The van der Waals surface area contributed by atoms with Crippen LogP contribution in [0, 0.1) is 11.6 Å². The average molecular weight is 292 g/mol. The maximum atomic E-state index is 12.8. The van der Waals surface area contributed by atoms with Gasteiger partial charge < -0.3 is 10.6 Å². The second-order valence-electron chi connectivity index (χ2n) is 4.38. The van der Waals surface area contributed by atoms with Gasteiger partial charge in [-0.05, 0) is 61.1 Å². The molecule has 20 heavy (non-hydrogen) atoms. The van der Waals surface area contributed by atoms with Gasteiger partial charge in [-0.25, -0.2) is 8.78 Å². The Morgan fingerprint density at radius 3 is 2.00 bits per heavy atom. The van der Waals surface area contributed by atoms with E-state index in [1.807, 2.05) is 6.92 Å². The molecule has 0 aliphatic carbocycles. The fourth-order valence-electron chi connectivity index (χ4n) is 1.73. The van der Waals surface area contributed by atoms with E-state index in [-0.39, 0.29) is 17.7 Å². The Morgan fingerprint density at radius 1 is 0.950 bits per heavy atom. The number of anilines is 1. The minimum absolute atomic E-state index is 0.0592. The Balaban J connectivity index is 1.93. The van der Waals surface area contributed by atoms with E-state index in [4.69, 9.17) is 12.2 Å². The van der Waals surface area contributed by atoms with Gasteiger partial charge in [0.1, 0.15) is 11.6 Å². The standard InChI is InChI=1S/C15H14F2N2S/c1-10(11-2-4-12(16)5-3-11)18-15(20)19-14-8-6-13(17)7-9-14/h2-10H,1H3,(H2,18,19,20)/t10-/m0/s1. The molecule has 0 saturated carbocycles. The van der Waals surface area contributed by atoms with E-state index in [0.29, 0.717) is 10.8 Å². The molecule has 0 aliphatic heterocycles. The summed E-state index contributed by atoms with van der Waals surface area (Å²) in [4.78, 5) is 0. The first kappa shape index (κ1) is 14.4. The Morgan fingerprint density at radius 2 is 1.45 bits per heavy atom. The highest BCUT2D eigenvalue weighted by Gasteiger charge is 2.07. The molecule has 0 saturated heterocycles. The zero-order chi connectivity index (χ0) is 14.5. The van der Waals surface area contributed by atoms with Crippen molar-refractivity contribution in [1.29, 1.82) is 0 Å². The Hall–Kier alpha value is -2.01. The van der Waals surface area contributed by atoms with Gasteiger partial charge in [-0.2, -0.15) is 0 Å². The quantitative estimate of drug-likeness (QED) is 0.836. The van der Waals surface area contributed by atoms with Gasteiger partial charge in [0, 0.05) is 5.69 Å². The van der Waals surface area contributed by atoms with Crippen LogP contribution in [0.4, 0.5) is 14.5 Å². The first-order chi connectivity index (χ1) is 9.54. The van der Waals surface area contributed by atoms with Crippen LogP contribution in [-0.4, -0.2) is 5.11 Å². The summed E-state index contributed by atoms with van der Waals surface area (Å²) in [5.74, 6) is -0.568. The van der Waals surface area contributed by atoms with Crippen LogP contribution in [0.25, 0.3) is 0 Å². The number of thiocarbonyl (C=S) groups is 1. The largest absolute Gasteiger partial charge is 0.356 e. The first-order valence-electron chi connectivity index (χ1n) is 6.13. The Kier molecular flexibility index (Phi) is 4.63. The lowest BCUT2D eigenvalue weighted by Crippen LogP contribution is -2.30. The smallest absolute Gasteiger partial charge is 0.171 e. The van der Waals surface area contributed by atoms with Gasteiger partial charge in [0.05, 0.1) is 6.04 Å². The number of benzene rings is 2. The highest BCUT2D eigenvalue weighted by Crippen LogP contribution is 2.14. The molecule has 2 aromatic carbocycles. The molecule has 0 heterocycles. The van der Waals surface area contributed by atoms with E-state index in [0.717, 1.165) is 5.56 Å². The van der Waals surface area contributed by atoms with Crippen molar-refractivity contribution in [3.63, 3.8) is 0 Å². The number of halogens is 2. The number of hydrogen-bond donors (Lipinski definition) is 2. The average Bonchev–Trinajstić information content (AvgIpc) is 2.42. The summed E-state index contributed by atoms with van der Waals surface area (Å²) < 4.78 is 25.6. The predicted octanol–water partition coefficient (Wildman–Crippen LogP) is 4.01. The Labute approximate surface area is 121 Å². The van der Waals surface area contributed by atoms with Crippen LogP contribution in [0.3, 0.4) is 0 Å². The van der Waals surface area contributed by atoms with E-state index in [1.54, 1.807) is 24.3 Å². The fourth-order valence-corrected chi connectivity index (χ4v) is 2.03. The van der Waals surface area contributed by atoms with Crippen molar-refractivity contribution in [2.24, 2.45) is 0 Å². The third-order valence-corrected chi connectivity index (χ3v) is 3.04. The number of hydrogen-bond acceptors (Lipinski definition) is 1. The summed E-state index contributed by atoms with van der Waals surface area (Å²) in [6.07, 6.45) is 0. The molecule has 0 radical (unpaired) electrons. The molecule has 0 aliphatic rings. The van der Waals surface area contributed by atoms with E-state index in [9.17, 15) is 8.78 Å². The number of rotatable bonds is 3. The Bertz CT molecular complexity index is 582. The van der Waals surface area contributed by atoms with Crippen LogP contribution in [0.5, 0.6) is 0 Å². The maximum Gasteiger partial charge on any atom is 0.171 e. The van der Waals surface area contributed by atoms with Crippen molar-refractivity contribution < 1.29 is 8.78 Å². The van der Waals surface area contributed by atoms with E-state index in [1.165, 1.54) is 24.3 Å². The van der Waals surface area contributed by atoms with Crippen molar-refractivity contribution >= 4 is 23.0 Å². The summed E-state index contributed by atoms with van der Waals surface area (Å²) in [5, 5.41) is 6.47. The van der Waals surface area contributed by atoms with Crippen LogP contribution in [0.2, 0.25) is 0 Å². The SMILES string of the molecule is C[C@H](NC(=S)Nc1ccc(F)cc1)c1ccc(F)cc1. The number of nitrogens with one attached hydrogen (secondary N) is 2. The van der Waals surface area contributed by atoms with Crippen molar-refractivity contribution in [1.82, 2.24) is 5.32 Å².